The summed E-state index contributed by atoms with van der Waals surface area (Å²) < 4.78 is 13.3. The number of aromatic nitrogens is 2. The minimum Gasteiger partial charge on any atom is -0.370 e. The van der Waals surface area contributed by atoms with Crippen molar-refractivity contribution in [1.29, 1.82) is 0 Å². The monoisotopic (exact) mass is 342 g/mol. The number of nitrogens with one attached hydrogen (secondary N) is 2. The molecule has 128 valence electrons. The number of nitrogens with zero attached hydrogens (tertiary/aromatic N) is 3. The first kappa shape index (κ1) is 16.4. The van der Waals surface area contributed by atoms with Crippen molar-refractivity contribution in [2.45, 2.75) is 6.42 Å². The van der Waals surface area contributed by atoms with Crippen LogP contribution in [0.5, 0.6) is 0 Å². The molecule has 25 heavy (non-hydrogen) atoms. The summed E-state index contributed by atoms with van der Waals surface area (Å²) in [5.41, 5.74) is 7.48. The standard InChI is InChI=1S/C16H15FN6O2/c17-11-1-3-14-13(7-11)10(8-20-14)5-6-19-16(18)22-15-4-2-12(9-21-15)23(24)25/h1-4,7-9,20H,5-6H2,(H3,18,19,21,22). The lowest BCUT2D eigenvalue weighted by atomic mass is 10.1. The van der Waals surface area contributed by atoms with Crippen molar-refractivity contribution in [3.8, 4) is 0 Å². The van der Waals surface area contributed by atoms with Crippen LogP contribution in [0.2, 0.25) is 0 Å². The average molecular weight is 342 g/mol. The fourth-order valence-electron chi connectivity index (χ4n) is 2.39. The van der Waals surface area contributed by atoms with Crippen LogP contribution in [0.3, 0.4) is 0 Å². The van der Waals surface area contributed by atoms with E-state index in [1.807, 2.05) is 6.20 Å². The molecular formula is C16H15FN6O2. The van der Waals surface area contributed by atoms with Gasteiger partial charge in [0.2, 0.25) is 0 Å². The van der Waals surface area contributed by atoms with E-state index >= 15 is 0 Å². The molecule has 4 N–H and O–H groups in total. The van der Waals surface area contributed by atoms with Crippen LogP contribution in [0.4, 0.5) is 15.9 Å². The van der Waals surface area contributed by atoms with Gasteiger partial charge in [-0.2, -0.15) is 0 Å². The van der Waals surface area contributed by atoms with Gasteiger partial charge in [-0.1, -0.05) is 0 Å². The fraction of sp³-hybridized carbons (Fsp3) is 0.125. The molecule has 2 aromatic heterocycles. The summed E-state index contributed by atoms with van der Waals surface area (Å²) in [5, 5.41) is 14.2. The first-order valence-electron chi connectivity index (χ1n) is 7.46. The molecule has 0 radical (unpaired) electrons. The molecule has 0 aliphatic carbocycles. The molecule has 0 aliphatic rings. The number of hydrogen-bond donors (Lipinski definition) is 3. The van der Waals surface area contributed by atoms with E-state index in [-0.39, 0.29) is 17.5 Å². The summed E-state index contributed by atoms with van der Waals surface area (Å²) in [6.07, 6.45) is 3.54. The normalized spacial score (nSPS) is 11.6. The van der Waals surface area contributed by atoms with Gasteiger partial charge in [-0.3, -0.25) is 15.1 Å². The first-order valence-corrected chi connectivity index (χ1v) is 7.46. The van der Waals surface area contributed by atoms with E-state index in [2.05, 4.69) is 20.3 Å². The van der Waals surface area contributed by atoms with E-state index in [1.54, 1.807) is 6.07 Å². The molecule has 0 fully saturated rings. The van der Waals surface area contributed by atoms with E-state index in [0.29, 0.717) is 18.8 Å². The van der Waals surface area contributed by atoms with Gasteiger partial charge in [0.25, 0.3) is 5.69 Å². The van der Waals surface area contributed by atoms with Gasteiger partial charge in [0, 0.05) is 29.7 Å². The first-order chi connectivity index (χ1) is 12.0. The molecule has 3 aromatic rings. The number of aliphatic imine (C=N–C) groups is 1. The van der Waals surface area contributed by atoms with Crippen LogP contribution in [0, 0.1) is 15.9 Å². The number of halogens is 1. The number of pyridine rings is 1. The zero-order valence-electron chi connectivity index (χ0n) is 13.1. The van der Waals surface area contributed by atoms with E-state index in [9.17, 15) is 14.5 Å². The summed E-state index contributed by atoms with van der Waals surface area (Å²) in [7, 11) is 0. The van der Waals surface area contributed by atoms with Gasteiger partial charge in [-0.25, -0.2) is 9.37 Å². The van der Waals surface area contributed by atoms with E-state index < -0.39 is 4.92 Å². The molecule has 8 nitrogen and oxygen atoms in total. The Morgan fingerprint density at radius 3 is 2.96 bits per heavy atom. The Balaban J connectivity index is 1.61. The number of H-pyrrole nitrogens is 1. The molecule has 0 saturated carbocycles. The lowest BCUT2D eigenvalue weighted by Gasteiger charge is -2.04. The molecule has 0 saturated heterocycles. The SMILES string of the molecule is NC(=NCCc1c[nH]c2ccc(F)cc12)Nc1ccc([N+](=O)[O-])cn1. The Bertz CT molecular complexity index is 935. The Morgan fingerprint density at radius 2 is 2.24 bits per heavy atom. The van der Waals surface area contributed by atoms with Crippen LogP contribution in [0.1, 0.15) is 5.56 Å². The largest absolute Gasteiger partial charge is 0.370 e. The lowest BCUT2D eigenvalue weighted by Crippen LogP contribution is -2.23. The van der Waals surface area contributed by atoms with E-state index in [1.165, 1.54) is 24.3 Å². The number of hydrogen-bond acceptors (Lipinski definition) is 4. The quantitative estimate of drug-likeness (QED) is 0.285. The second-order valence-corrected chi connectivity index (χ2v) is 5.30. The van der Waals surface area contributed by atoms with Crippen molar-refractivity contribution in [2.24, 2.45) is 10.7 Å². The molecule has 0 atom stereocenters. The zero-order valence-corrected chi connectivity index (χ0v) is 13.1. The predicted octanol–water partition coefficient (Wildman–Crippen LogP) is 2.58. The number of nitro groups is 1. The summed E-state index contributed by atoms with van der Waals surface area (Å²) in [6.45, 7) is 0.398. The van der Waals surface area contributed by atoms with Crippen LogP contribution in [-0.2, 0) is 6.42 Å². The van der Waals surface area contributed by atoms with Gasteiger partial charge in [-0.15, -0.1) is 0 Å². The van der Waals surface area contributed by atoms with Gasteiger partial charge in [0.05, 0.1) is 4.92 Å². The molecule has 3 rings (SSSR count). The molecule has 2 heterocycles. The number of aromatic amines is 1. The smallest absolute Gasteiger partial charge is 0.287 e. The van der Waals surface area contributed by atoms with Crippen molar-refractivity contribution < 1.29 is 9.31 Å². The molecular weight excluding hydrogens is 327 g/mol. The van der Waals surface area contributed by atoms with Crippen molar-refractivity contribution in [1.82, 2.24) is 9.97 Å². The molecule has 0 aliphatic heterocycles. The van der Waals surface area contributed by atoms with E-state index in [0.717, 1.165) is 22.7 Å². The molecule has 0 bridgehead atoms. The third-order valence-corrected chi connectivity index (χ3v) is 3.61. The van der Waals surface area contributed by atoms with Crippen LogP contribution in [0.15, 0.2) is 47.7 Å². The van der Waals surface area contributed by atoms with Gasteiger partial charge < -0.3 is 16.0 Å². The second-order valence-electron chi connectivity index (χ2n) is 5.30. The maximum Gasteiger partial charge on any atom is 0.287 e. The summed E-state index contributed by atoms with van der Waals surface area (Å²) in [4.78, 5) is 21.2. The Hall–Kier alpha value is -3.49. The Morgan fingerprint density at radius 1 is 1.40 bits per heavy atom. The van der Waals surface area contributed by atoms with Gasteiger partial charge >= 0.3 is 0 Å². The summed E-state index contributed by atoms with van der Waals surface area (Å²) in [5.74, 6) is 0.218. The van der Waals surface area contributed by atoms with Crippen molar-refractivity contribution >= 4 is 28.4 Å². The van der Waals surface area contributed by atoms with Crippen LogP contribution >= 0.6 is 0 Å². The predicted molar refractivity (Wildman–Crippen MR) is 93.0 cm³/mol. The van der Waals surface area contributed by atoms with Gasteiger partial charge in [-0.05, 0) is 36.2 Å². The topological polar surface area (TPSA) is 122 Å². The number of fused-ring (bicyclic) bond motifs is 1. The third kappa shape index (κ3) is 3.89. The van der Waals surface area contributed by atoms with Crippen LogP contribution < -0.4 is 11.1 Å². The molecule has 0 unspecified atom stereocenters. The van der Waals surface area contributed by atoms with Crippen molar-refractivity contribution in [3.63, 3.8) is 0 Å². The second kappa shape index (κ2) is 6.95. The van der Waals surface area contributed by atoms with Gasteiger partial charge in [0.15, 0.2) is 5.96 Å². The Labute approximate surface area is 141 Å². The zero-order chi connectivity index (χ0) is 17.8. The highest BCUT2D eigenvalue weighted by Crippen LogP contribution is 2.19. The number of benzene rings is 1. The molecule has 0 spiro atoms. The lowest BCUT2D eigenvalue weighted by molar-refractivity contribution is -0.385. The minimum absolute atomic E-state index is 0.104. The van der Waals surface area contributed by atoms with Crippen LogP contribution in [-0.4, -0.2) is 27.4 Å². The molecule has 1 aromatic carbocycles. The Kier molecular flexibility index (Phi) is 4.55. The number of nitrogens with two attached hydrogens (primary N) is 1. The summed E-state index contributed by atoms with van der Waals surface area (Å²) in [6, 6.07) is 7.34. The van der Waals surface area contributed by atoms with E-state index in [4.69, 9.17) is 5.73 Å². The highest BCUT2D eigenvalue weighted by Gasteiger charge is 2.06. The van der Waals surface area contributed by atoms with Crippen molar-refractivity contribution in [3.05, 3.63) is 64.2 Å². The maximum absolute atomic E-state index is 13.3. The number of rotatable bonds is 5. The average Bonchev–Trinajstić information content (AvgIpc) is 2.97. The highest BCUT2D eigenvalue weighted by atomic mass is 19.1. The molecule has 9 heteroatoms. The van der Waals surface area contributed by atoms with Crippen LogP contribution in [0.25, 0.3) is 10.9 Å². The summed E-state index contributed by atoms with van der Waals surface area (Å²) >= 11 is 0. The minimum atomic E-state index is -0.530. The highest BCUT2D eigenvalue weighted by molar-refractivity contribution is 5.91. The molecule has 0 amide bonds. The maximum atomic E-state index is 13.3. The fourth-order valence-corrected chi connectivity index (χ4v) is 2.39. The number of guanidine groups is 1. The van der Waals surface area contributed by atoms with Gasteiger partial charge in [0.1, 0.15) is 17.8 Å². The van der Waals surface area contributed by atoms with Crippen molar-refractivity contribution in [2.75, 3.05) is 11.9 Å². The third-order valence-electron chi connectivity index (χ3n) is 3.61. The number of anilines is 1.